The number of aromatic nitrogens is 5. The number of H-pyrrole nitrogens is 1. The summed E-state index contributed by atoms with van der Waals surface area (Å²) in [5.41, 5.74) is 9.85. The van der Waals surface area contributed by atoms with E-state index in [1.807, 2.05) is 31.2 Å². The summed E-state index contributed by atoms with van der Waals surface area (Å²) < 4.78 is 1.04. The van der Waals surface area contributed by atoms with E-state index in [4.69, 9.17) is 5.73 Å². The van der Waals surface area contributed by atoms with Crippen molar-refractivity contribution in [2.24, 2.45) is 5.73 Å². The van der Waals surface area contributed by atoms with Crippen molar-refractivity contribution >= 4 is 17.8 Å². The van der Waals surface area contributed by atoms with Crippen molar-refractivity contribution in [3.05, 3.63) is 52.1 Å². The molecule has 0 aliphatic rings. The molecule has 0 aliphatic carbocycles. The molecule has 0 amide bonds. The van der Waals surface area contributed by atoms with Gasteiger partial charge in [0, 0.05) is 19.6 Å². The van der Waals surface area contributed by atoms with Gasteiger partial charge in [0.15, 0.2) is 0 Å². The van der Waals surface area contributed by atoms with Crippen LogP contribution in [0.3, 0.4) is 0 Å². The standard InChI is InChI=1S/C16H21N9O2/c1-2-18-13-21-14(19-8-11-5-3-10(7-17)4-6-11)23-15(22-13)24-25-9-12(26)20-16(25)27/h3-6,9,26H,2,7-8,17H2,1H3,(H,20,27)(H3,18,19,21,22,23,24). The van der Waals surface area contributed by atoms with Crippen molar-refractivity contribution < 1.29 is 5.11 Å². The molecule has 1 aromatic carbocycles. The molecule has 7 N–H and O–H groups in total. The summed E-state index contributed by atoms with van der Waals surface area (Å²) in [6, 6.07) is 7.88. The summed E-state index contributed by atoms with van der Waals surface area (Å²) >= 11 is 0. The van der Waals surface area contributed by atoms with Crippen LogP contribution < -0.4 is 27.5 Å². The Labute approximate surface area is 154 Å². The summed E-state index contributed by atoms with van der Waals surface area (Å²) in [5, 5.41) is 15.5. The van der Waals surface area contributed by atoms with Crippen LogP contribution in [-0.4, -0.2) is 36.3 Å². The highest BCUT2D eigenvalue weighted by Gasteiger charge is 2.09. The monoisotopic (exact) mass is 371 g/mol. The molecule has 0 aliphatic heterocycles. The lowest BCUT2D eigenvalue weighted by atomic mass is 10.1. The SMILES string of the molecule is CCNc1nc(NCc2ccc(CN)cc2)nc(Nn2cc(O)[nH]c2=O)n1. The second-order valence-electron chi connectivity index (χ2n) is 5.64. The zero-order valence-electron chi connectivity index (χ0n) is 14.7. The number of anilines is 3. The largest absolute Gasteiger partial charge is 0.493 e. The van der Waals surface area contributed by atoms with Crippen molar-refractivity contribution in [3.63, 3.8) is 0 Å². The van der Waals surface area contributed by atoms with Gasteiger partial charge in [0.2, 0.25) is 23.7 Å². The van der Waals surface area contributed by atoms with Crippen LogP contribution in [0.2, 0.25) is 0 Å². The van der Waals surface area contributed by atoms with Gasteiger partial charge in [-0.2, -0.15) is 15.0 Å². The van der Waals surface area contributed by atoms with Crippen molar-refractivity contribution in [1.82, 2.24) is 24.6 Å². The zero-order valence-corrected chi connectivity index (χ0v) is 14.7. The Balaban J connectivity index is 1.77. The molecule has 0 bridgehead atoms. The van der Waals surface area contributed by atoms with Crippen molar-refractivity contribution in [1.29, 1.82) is 0 Å². The Hall–Kier alpha value is -3.60. The fourth-order valence-electron chi connectivity index (χ4n) is 2.29. The number of aromatic amines is 1. The lowest BCUT2D eigenvalue weighted by Gasteiger charge is -2.11. The minimum absolute atomic E-state index is 0.142. The minimum atomic E-state index is -0.549. The Morgan fingerprint density at radius 3 is 2.30 bits per heavy atom. The van der Waals surface area contributed by atoms with E-state index in [0.29, 0.717) is 31.5 Å². The molecule has 0 saturated heterocycles. The molecule has 0 radical (unpaired) electrons. The van der Waals surface area contributed by atoms with Crippen LogP contribution in [0.25, 0.3) is 0 Å². The number of rotatable bonds is 8. The van der Waals surface area contributed by atoms with Crippen molar-refractivity contribution in [3.8, 4) is 5.88 Å². The summed E-state index contributed by atoms with van der Waals surface area (Å²) in [6.45, 7) is 3.53. The van der Waals surface area contributed by atoms with Crippen LogP contribution >= 0.6 is 0 Å². The topological polar surface area (TPSA) is 159 Å². The van der Waals surface area contributed by atoms with E-state index in [-0.39, 0.29) is 11.8 Å². The van der Waals surface area contributed by atoms with E-state index >= 15 is 0 Å². The third-order valence-electron chi connectivity index (χ3n) is 3.61. The van der Waals surface area contributed by atoms with Crippen LogP contribution in [-0.2, 0) is 13.1 Å². The first-order valence-corrected chi connectivity index (χ1v) is 8.36. The zero-order chi connectivity index (χ0) is 19.2. The van der Waals surface area contributed by atoms with Crippen molar-refractivity contribution in [2.45, 2.75) is 20.0 Å². The van der Waals surface area contributed by atoms with Gasteiger partial charge in [-0.3, -0.25) is 10.4 Å². The van der Waals surface area contributed by atoms with Gasteiger partial charge in [-0.05, 0) is 18.1 Å². The smallest absolute Gasteiger partial charge is 0.347 e. The molecule has 3 aromatic rings. The maximum atomic E-state index is 11.7. The van der Waals surface area contributed by atoms with E-state index in [1.54, 1.807) is 0 Å². The number of hydrogen-bond donors (Lipinski definition) is 6. The fraction of sp³-hybridized carbons (Fsp3) is 0.250. The fourth-order valence-corrected chi connectivity index (χ4v) is 2.29. The van der Waals surface area contributed by atoms with E-state index in [9.17, 15) is 9.90 Å². The number of nitrogens with two attached hydrogens (primary N) is 1. The quantitative estimate of drug-likeness (QED) is 0.330. The first-order valence-electron chi connectivity index (χ1n) is 8.36. The molecule has 142 valence electrons. The molecular formula is C16H21N9O2. The molecule has 2 aromatic heterocycles. The number of nitrogens with one attached hydrogen (secondary N) is 4. The van der Waals surface area contributed by atoms with E-state index < -0.39 is 5.69 Å². The summed E-state index contributed by atoms with van der Waals surface area (Å²) in [4.78, 5) is 26.6. The maximum absolute atomic E-state index is 11.7. The summed E-state index contributed by atoms with van der Waals surface area (Å²) in [5.74, 6) is 0.554. The predicted molar refractivity (Wildman–Crippen MR) is 101 cm³/mol. The number of imidazole rings is 1. The molecule has 0 spiro atoms. The van der Waals surface area contributed by atoms with Gasteiger partial charge in [0.05, 0.1) is 6.20 Å². The molecule has 0 unspecified atom stereocenters. The van der Waals surface area contributed by atoms with Gasteiger partial charge in [0.25, 0.3) is 0 Å². The first-order chi connectivity index (χ1) is 13.1. The van der Waals surface area contributed by atoms with Gasteiger partial charge in [-0.1, -0.05) is 24.3 Å². The third-order valence-corrected chi connectivity index (χ3v) is 3.61. The third kappa shape index (κ3) is 4.73. The van der Waals surface area contributed by atoms with Crippen LogP contribution in [0.15, 0.2) is 35.3 Å². The lowest BCUT2D eigenvalue weighted by molar-refractivity contribution is 0.455. The highest BCUT2D eigenvalue weighted by Crippen LogP contribution is 2.12. The van der Waals surface area contributed by atoms with Crippen molar-refractivity contribution in [2.75, 3.05) is 22.6 Å². The maximum Gasteiger partial charge on any atom is 0.347 e. The normalized spacial score (nSPS) is 10.6. The van der Waals surface area contributed by atoms with Gasteiger partial charge < -0.3 is 21.5 Å². The number of aromatic hydroxyl groups is 1. The first kappa shape index (κ1) is 18.2. The van der Waals surface area contributed by atoms with Gasteiger partial charge >= 0.3 is 5.69 Å². The minimum Gasteiger partial charge on any atom is -0.493 e. The van der Waals surface area contributed by atoms with Gasteiger partial charge in [-0.25, -0.2) is 9.47 Å². The average Bonchev–Trinajstić information content (AvgIpc) is 2.97. The van der Waals surface area contributed by atoms with Crippen LogP contribution in [0.1, 0.15) is 18.1 Å². The summed E-state index contributed by atoms with van der Waals surface area (Å²) in [6.07, 6.45) is 1.19. The molecule has 0 atom stereocenters. The molecule has 0 fully saturated rings. The molecule has 2 heterocycles. The average molecular weight is 371 g/mol. The Bertz CT molecular complexity index is 949. The highest BCUT2D eigenvalue weighted by molar-refractivity contribution is 5.42. The molecule has 27 heavy (non-hydrogen) atoms. The Morgan fingerprint density at radius 1 is 1.07 bits per heavy atom. The Morgan fingerprint density at radius 2 is 1.70 bits per heavy atom. The predicted octanol–water partition coefficient (Wildman–Crippen LogP) is 0.445. The van der Waals surface area contributed by atoms with Gasteiger partial charge in [-0.15, -0.1) is 0 Å². The molecule has 11 heteroatoms. The highest BCUT2D eigenvalue weighted by atomic mass is 16.3. The van der Waals surface area contributed by atoms with Crippen LogP contribution in [0.4, 0.5) is 17.8 Å². The number of benzene rings is 1. The van der Waals surface area contributed by atoms with E-state index in [2.05, 4.69) is 36.0 Å². The second kappa shape index (κ2) is 8.19. The van der Waals surface area contributed by atoms with Crippen LogP contribution in [0, 0.1) is 0 Å². The number of nitrogens with zero attached hydrogens (tertiary/aromatic N) is 4. The van der Waals surface area contributed by atoms with E-state index in [1.165, 1.54) is 6.20 Å². The second-order valence-corrected chi connectivity index (χ2v) is 5.64. The molecule has 0 saturated carbocycles. The molecular weight excluding hydrogens is 350 g/mol. The van der Waals surface area contributed by atoms with Crippen LogP contribution in [0.5, 0.6) is 5.88 Å². The Kier molecular flexibility index (Phi) is 5.52. The number of hydrogen-bond acceptors (Lipinski definition) is 9. The molecule has 11 nitrogen and oxygen atoms in total. The molecule has 3 rings (SSSR count). The lowest BCUT2D eigenvalue weighted by Crippen LogP contribution is -2.24. The summed E-state index contributed by atoms with van der Waals surface area (Å²) in [7, 11) is 0. The van der Waals surface area contributed by atoms with Gasteiger partial charge in [0.1, 0.15) is 0 Å². The van der Waals surface area contributed by atoms with E-state index in [0.717, 1.165) is 15.8 Å².